The molecule has 1 aromatic rings. The molecule has 1 aromatic carbocycles. The third-order valence-electron chi connectivity index (χ3n) is 3.54. The van der Waals surface area contributed by atoms with E-state index in [9.17, 15) is 14.0 Å². The van der Waals surface area contributed by atoms with Crippen molar-refractivity contribution in [1.29, 1.82) is 0 Å². The van der Waals surface area contributed by atoms with Gasteiger partial charge in [0.05, 0.1) is 6.54 Å². The van der Waals surface area contributed by atoms with Gasteiger partial charge in [-0.1, -0.05) is 12.1 Å². The number of benzene rings is 1. The van der Waals surface area contributed by atoms with Crippen molar-refractivity contribution in [1.82, 2.24) is 10.2 Å². The molecule has 2 aliphatic rings. The Hall–Kier alpha value is -2.15. The van der Waals surface area contributed by atoms with Gasteiger partial charge >= 0.3 is 0 Å². The Balaban J connectivity index is 1.76. The van der Waals surface area contributed by atoms with Gasteiger partial charge in [-0.25, -0.2) is 4.39 Å². The van der Waals surface area contributed by atoms with Gasteiger partial charge in [-0.3, -0.25) is 19.5 Å². The average Bonchev–Trinajstić information content (AvgIpc) is 3.29. The van der Waals surface area contributed by atoms with Gasteiger partial charge in [-0.05, 0) is 42.8 Å². The molecule has 2 amide bonds. The van der Waals surface area contributed by atoms with Crippen LogP contribution in [0.25, 0.3) is 0 Å². The number of rotatable bonds is 4. The Morgan fingerprint density at radius 1 is 1.32 bits per heavy atom. The minimum absolute atomic E-state index is 0.0652. The van der Waals surface area contributed by atoms with Gasteiger partial charge in [0.2, 0.25) is 11.8 Å². The fourth-order valence-corrected chi connectivity index (χ4v) is 2.37. The fraction of sp³-hybridized carbons (Fsp3) is 0.333. The molecule has 114 valence electrons. The summed E-state index contributed by atoms with van der Waals surface area (Å²) in [5.74, 6) is -2.15. The van der Waals surface area contributed by atoms with Crippen molar-refractivity contribution >= 4 is 35.4 Å². The fourth-order valence-electron chi connectivity index (χ4n) is 2.12. The first-order chi connectivity index (χ1) is 10.5. The van der Waals surface area contributed by atoms with E-state index in [2.05, 4.69) is 10.3 Å². The summed E-state index contributed by atoms with van der Waals surface area (Å²) in [4.78, 5) is 29.9. The molecule has 1 saturated carbocycles. The zero-order chi connectivity index (χ0) is 15.7. The van der Waals surface area contributed by atoms with Crippen LogP contribution in [0, 0.1) is 11.7 Å². The maximum atomic E-state index is 12.9. The number of thiocarbonyl (C=S) groups is 1. The van der Waals surface area contributed by atoms with E-state index < -0.39 is 17.7 Å². The molecular weight excluding hydrogens is 305 g/mol. The van der Waals surface area contributed by atoms with Crippen LogP contribution < -0.4 is 5.32 Å². The Morgan fingerprint density at radius 2 is 2.00 bits per heavy atom. The van der Waals surface area contributed by atoms with Gasteiger partial charge < -0.3 is 5.32 Å². The molecule has 1 aliphatic carbocycles. The Morgan fingerprint density at radius 3 is 2.64 bits per heavy atom. The van der Waals surface area contributed by atoms with Crippen molar-refractivity contribution in [2.45, 2.75) is 25.4 Å². The van der Waals surface area contributed by atoms with E-state index >= 15 is 0 Å². The van der Waals surface area contributed by atoms with E-state index in [0.717, 1.165) is 18.4 Å². The number of hydrogen-bond donors (Lipinski definition) is 1. The molecule has 5 nitrogen and oxygen atoms in total. The number of aliphatic imine (C=N–C) groups is 1. The van der Waals surface area contributed by atoms with E-state index in [1.54, 1.807) is 12.1 Å². The van der Waals surface area contributed by atoms with Gasteiger partial charge in [-0.15, -0.1) is 0 Å². The molecule has 3 rings (SSSR count). The Kier molecular flexibility index (Phi) is 3.98. The van der Waals surface area contributed by atoms with Gasteiger partial charge in [0.25, 0.3) is 0 Å². The van der Waals surface area contributed by atoms with Gasteiger partial charge in [0, 0.05) is 12.3 Å². The summed E-state index contributed by atoms with van der Waals surface area (Å²) in [6, 6.07) is 6.03. The molecule has 1 atom stereocenters. The number of carbonyl (C=O) groups excluding carboxylic acids is 2. The summed E-state index contributed by atoms with van der Waals surface area (Å²) in [6.45, 7) is 0.187. The van der Waals surface area contributed by atoms with Crippen LogP contribution >= 0.6 is 12.2 Å². The monoisotopic (exact) mass is 319 g/mol. The predicted molar refractivity (Wildman–Crippen MR) is 82.7 cm³/mol. The average molecular weight is 319 g/mol. The third-order valence-corrected chi connectivity index (χ3v) is 3.86. The number of carbonyl (C=O) groups is 2. The topological polar surface area (TPSA) is 61.8 Å². The van der Waals surface area contributed by atoms with E-state index in [4.69, 9.17) is 12.2 Å². The molecule has 22 heavy (non-hydrogen) atoms. The van der Waals surface area contributed by atoms with E-state index in [1.807, 2.05) is 0 Å². The van der Waals surface area contributed by atoms with Crippen LogP contribution in [-0.4, -0.2) is 34.1 Å². The summed E-state index contributed by atoms with van der Waals surface area (Å²) in [6.07, 6.45) is 3.40. The quantitative estimate of drug-likeness (QED) is 0.519. The summed E-state index contributed by atoms with van der Waals surface area (Å²) in [5, 5.41) is 2.58. The van der Waals surface area contributed by atoms with Crippen LogP contribution in [0.4, 0.5) is 4.39 Å². The van der Waals surface area contributed by atoms with Crippen molar-refractivity contribution in [2.24, 2.45) is 10.9 Å². The molecule has 2 fully saturated rings. The lowest BCUT2D eigenvalue weighted by Crippen LogP contribution is -2.57. The number of nitrogens with one attached hydrogen (secondary N) is 1. The lowest BCUT2D eigenvalue weighted by molar-refractivity contribution is -0.138. The molecular formula is C15H14FN3O2S. The second-order valence-electron chi connectivity index (χ2n) is 5.35. The highest BCUT2D eigenvalue weighted by molar-refractivity contribution is 7.80. The second-order valence-corrected chi connectivity index (χ2v) is 5.74. The highest BCUT2D eigenvalue weighted by atomic mass is 32.1. The zero-order valence-electron chi connectivity index (χ0n) is 11.7. The smallest absolute Gasteiger partial charge is 0.247 e. The lowest BCUT2D eigenvalue weighted by Gasteiger charge is -2.31. The maximum absolute atomic E-state index is 12.9. The first-order valence-electron chi connectivity index (χ1n) is 6.98. The molecule has 1 N–H and O–H groups in total. The number of halogens is 1. The molecule has 7 heteroatoms. The summed E-state index contributed by atoms with van der Waals surface area (Å²) in [5.41, 5.74) is 0.728. The van der Waals surface area contributed by atoms with Crippen molar-refractivity contribution < 1.29 is 14.0 Å². The molecule has 1 aliphatic heterocycles. The minimum atomic E-state index is -0.951. The van der Waals surface area contributed by atoms with E-state index in [-0.39, 0.29) is 23.5 Å². The third kappa shape index (κ3) is 3.19. The van der Waals surface area contributed by atoms with Crippen molar-refractivity contribution in [3.8, 4) is 0 Å². The molecule has 0 radical (unpaired) electrons. The largest absolute Gasteiger partial charge is 0.302 e. The van der Waals surface area contributed by atoms with Crippen LogP contribution in [0.5, 0.6) is 0 Å². The van der Waals surface area contributed by atoms with Crippen LogP contribution in [0.15, 0.2) is 29.3 Å². The van der Waals surface area contributed by atoms with Crippen molar-refractivity contribution in [3.63, 3.8) is 0 Å². The predicted octanol–water partition coefficient (Wildman–Crippen LogP) is 1.42. The summed E-state index contributed by atoms with van der Waals surface area (Å²) >= 11 is 5.06. The van der Waals surface area contributed by atoms with Gasteiger partial charge in [0.15, 0.2) is 11.0 Å². The molecule has 0 bridgehead atoms. The first kappa shape index (κ1) is 14.8. The van der Waals surface area contributed by atoms with Gasteiger partial charge in [0.1, 0.15) is 5.82 Å². The number of amides is 2. The van der Waals surface area contributed by atoms with Crippen LogP contribution in [0.1, 0.15) is 18.4 Å². The molecule has 0 spiro atoms. The standard InChI is InChI=1S/C15H14FN3O2S/c16-10-3-1-9(2-4-10)8-19-14(21)12(7-17-11-5-6-11)13(20)18-15(19)22/h1-4,7,11-12H,5-6,8H2,(H,18,20,22)/t12-/m1/s1. The second kappa shape index (κ2) is 5.92. The molecule has 0 aromatic heterocycles. The zero-order valence-corrected chi connectivity index (χ0v) is 12.5. The minimum Gasteiger partial charge on any atom is -0.302 e. The number of hydrogen-bond acceptors (Lipinski definition) is 4. The summed E-state index contributed by atoms with van der Waals surface area (Å²) < 4.78 is 12.9. The van der Waals surface area contributed by atoms with Crippen LogP contribution in [-0.2, 0) is 16.1 Å². The van der Waals surface area contributed by atoms with E-state index in [1.165, 1.54) is 23.2 Å². The highest BCUT2D eigenvalue weighted by Crippen LogP contribution is 2.23. The Labute approximate surface area is 132 Å². The Bertz CT molecular complexity index is 655. The van der Waals surface area contributed by atoms with Gasteiger partial charge in [-0.2, -0.15) is 0 Å². The maximum Gasteiger partial charge on any atom is 0.247 e. The van der Waals surface area contributed by atoms with Crippen LogP contribution in [0.3, 0.4) is 0 Å². The molecule has 0 unspecified atom stereocenters. The van der Waals surface area contributed by atoms with Crippen molar-refractivity contribution in [2.75, 3.05) is 0 Å². The number of nitrogens with zero attached hydrogens (tertiary/aromatic N) is 2. The normalized spacial score (nSPS) is 22.3. The molecule has 1 saturated heterocycles. The SMILES string of the molecule is O=C1NC(=S)N(Cc2ccc(F)cc2)C(=O)[C@@H]1C=NC1CC1. The molecule has 1 heterocycles. The lowest BCUT2D eigenvalue weighted by atomic mass is 10.1. The van der Waals surface area contributed by atoms with Crippen molar-refractivity contribution in [3.05, 3.63) is 35.6 Å². The van der Waals surface area contributed by atoms with E-state index in [0.29, 0.717) is 0 Å². The van der Waals surface area contributed by atoms with Crippen LogP contribution in [0.2, 0.25) is 0 Å². The highest BCUT2D eigenvalue weighted by Gasteiger charge is 2.37. The summed E-state index contributed by atoms with van der Waals surface area (Å²) in [7, 11) is 0. The first-order valence-corrected chi connectivity index (χ1v) is 7.39.